The van der Waals surface area contributed by atoms with Crippen molar-refractivity contribution in [1.82, 2.24) is 0 Å². The molecular weight excluding hydrogens is 305 g/mol. The standard InChI is InChI=1S/C14H11F3O3S/c1-9-7-13(18)20-12-4-3-10(8-11(9)12)19-5-2-6-21-14(15,16)17/h2-4,6-8H,5H2,1H3/b6-2+. The number of hydrogen-bond acceptors (Lipinski definition) is 4. The van der Waals surface area contributed by atoms with Gasteiger partial charge >= 0.3 is 11.1 Å². The van der Waals surface area contributed by atoms with E-state index < -0.39 is 11.1 Å². The van der Waals surface area contributed by atoms with E-state index in [1.165, 1.54) is 12.1 Å². The zero-order chi connectivity index (χ0) is 15.5. The van der Waals surface area contributed by atoms with Crippen LogP contribution in [0.4, 0.5) is 13.2 Å². The van der Waals surface area contributed by atoms with Gasteiger partial charge in [-0.2, -0.15) is 13.2 Å². The van der Waals surface area contributed by atoms with Gasteiger partial charge in [-0.3, -0.25) is 0 Å². The SMILES string of the molecule is Cc1cc(=O)oc2ccc(OC/C=C/SC(F)(F)F)cc12. The molecule has 0 amide bonds. The summed E-state index contributed by atoms with van der Waals surface area (Å²) in [5, 5.41) is 1.66. The lowest BCUT2D eigenvalue weighted by atomic mass is 10.1. The number of ether oxygens (including phenoxy) is 1. The fourth-order valence-electron chi connectivity index (χ4n) is 1.70. The molecule has 0 unspecified atom stereocenters. The van der Waals surface area contributed by atoms with E-state index in [4.69, 9.17) is 9.15 Å². The first-order chi connectivity index (χ1) is 9.85. The Morgan fingerprint density at radius 2 is 2.10 bits per heavy atom. The Balaban J connectivity index is 2.05. The van der Waals surface area contributed by atoms with Crippen molar-refractivity contribution in [3.05, 3.63) is 51.7 Å². The summed E-state index contributed by atoms with van der Waals surface area (Å²) in [4.78, 5) is 11.2. The average Bonchev–Trinajstić information content (AvgIpc) is 2.37. The van der Waals surface area contributed by atoms with Gasteiger partial charge in [-0.25, -0.2) is 4.79 Å². The van der Waals surface area contributed by atoms with Gasteiger partial charge in [0.2, 0.25) is 0 Å². The molecule has 21 heavy (non-hydrogen) atoms. The molecule has 112 valence electrons. The molecule has 7 heteroatoms. The van der Waals surface area contributed by atoms with Crippen molar-refractivity contribution < 1.29 is 22.3 Å². The molecular formula is C14H11F3O3S. The van der Waals surface area contributed by atoms with E-state index in [-0.39, 0.29) is 18.4 Å². The summed E-state index contributed by atoms with van der Waals surface area (Å²) in [7, 11) is 0. The normalized spacial score (nSPS) is 12.2. The lowest BCUT2D eigenvalue weighted by molar-refractivity contribution is -0.0320. The average molecular weight is 316 g/mol. The van der Waals surface area contributed by atoms with E-state index in [9.17, 15) is 18.0 Å². The molecule has 2 aromatic rings. The summed E-state index contributed by atoms with van der Waals surface area (Å²) < 4.78 is 46.0. The largest absolute Gasteiger partial charge is 0.489 e. The van der Waals surface area contributed by atoms with Gasteiger partial charge in [0.05, 0.1) is 0 Å². The summed E-state index contributed by atoms with van der Waals surface area (Å²) in [6.07, 6.45) is 1.28. The number of alkyl halides is 3. The molecule has 3 nitrogen and oxygen atoms in total. The van der Waals surface area contributed by atoms with E-state index in [1.807, 2.05) is 0 Å². The third-order valence-corrected chi connectivity index (χ3v) is 3.16. The Bertz CT molecular complexity index is 719. The number of aryl methyl sites for hydroxylation is 1. The van der Waals surface area contributed by atoms with Gasteiger partial charge in [0.1, 0.15) is 17.9 Å². The lowest BCUT2D eigenvalue weighted by Gasteiger charge is -2.06. The highest BCUT2D eigenvalue weighted by Gasteiger charge is 2.26. The Morgan fingerprint density at radius 1 is 1.33 bits per heavy atom. The van der Waals surface area contributed by atoms with Crippen molar-refractivity contribution in [3.8, 4) is 5.75 Å². The Kier molecular flexibility index (Phi) is 4.62. The maximum atomic E-state index is 11.9. The predicted molar refractivity (Wildman–Crippen MR) is 75.5 cm³/mol. The predicted octanol–water partition coefficient (Wildman–Crippen LogP) is 4.25. The summed E-state index contributed by atoms with van der Waals surface area (Å²) in [5.41, 5.74) is -3.53. The number of benzene rings is 1. The first kappa shape index (κ1) is 15.5. The molecule has 1 heterocycles. The van der Waals surface area contributed by atoms with Crippen LogP contribution in [0.5, 0.6) is 5.75 Å². The Hall–Kier alpha value is -1.89. The smallest absolute Gasteiger partial charge is 0.445 e. The van der Waals surface area contributed by atoms with E-state index in [1.54, 1.807) is 25.1 Å². The van der Waals surface area contributed by atoms with Crippen LogP contribution in [0, 0.1) is 6.92 Å². The highest BCUT2D eigenvalue weighted by Crippen LogP contribution is 2.30. The molecule has 0 radical (unpaired) electrons. The lowest BCUT2D eigenvalue weighted by Crippen LogP contribution is -1.99. The van der Waals surface area contributed by atoms with Crippen LogP contribution in [-0.4, -0.2) is 12.1 Å². The van der Waals surface area contributed by atoms with Crippen molar-refractivity contribution in [3.63, 3.8) is 0 Å². The number of halogens is 3. The molecule has 0 aliphatic carbocycles. The molecule has 0 N–H and O–H groups in total. The minimum Gasteiger partial charge on any atom is -0.489 e. The molecule has 0 saturated heterocycles. The molecule has 0 aliphatic rings. The molecule has 2 rings (SSSR count). The van der Waals surface area contributed by atoms with Crippen molar-refractivity contribution in [1.29, 1.82) is 0 Å². The quantitative estimate of drug-likeness (QED) is 0.791. The van der Waals surface area contributed by atoms with Crippen LogP contribution in [-0.2, 0) is 0 Å². The second kappa shape index (κ2) is 6.26. The fourth-order valence-corrected chi connectivity index (χ4v) is 2.03. The van der Waals surface area contributed by atoms with Crippen LogP contribution >= 0.6 is 11.8 Å². The maximum Gasteiger partial charge on any atom is 0.445 e. The fraction of sp³-hybridized carbons (Fsp3) is 0.214. The number of hydrogen-bond donors (Lipinski definition) is 0. The van der Waals surface area contributed by atoms with Crippen molar-refractivity contribution in [2.24, 2.45) is 0 Å². The molecule has 0 fully saturated rings. The van der Waals surface area contributed by atoms with Gasteiger partial charge in [0, 0.05) is 11.5 Å². The zero-order valence-corrected chi connectivity index (χ0v) is 11.8. The zero-order valence-electron chi connectivity index (χ0n) is 10.9. The van der Waals surface area contributed by atoms with Crippen LogP contribution in [0.25, 0.3) is 11.0 Å². The Labute approximate surface area is 122 Å². The van der Waals surface area contributed by atoms with Crippen molar-refractivity contribution >= 4 is 22.7 Å². The van der Waals surface area contributed by atoms with Crippen molar-refractivity contribution in [2.45, 2.75) is 12.4 Å². The molecule has 0 spiro atoms. The van der Waals surface area contributed by atoms with E-state index in [0.717, 1.165) is 16.4 Å². The second-order valence-electron chi connectivity index (χ2n) is 4.15. The molecule has 0 atom stereocenters. The number of fused-ring (bicyclic) bond motifs is 1. The first-order valence-electron chi connectivity index (χ1n) is 5.92. The van der Waals surface area contributed by atoms with Gasteiger partial charge in [-0.05, 0) is 53.9 Å². The van der Waals surface area contributed by atoms with Crippen LogP contribution in [0.1, 0.15) is 5.56 Å². The monoisotopic (exact) mass is 316 g/mol. The summed E-state index contributed by atoms with van der Waals surface area (Å²) in [5.74, 6) is 0.487. The van der Waals surface area contributed by atoms with Gasteiger partial charge in [-0.1, -0.05) is 0 Å². The molecule has 1 aromatic heterocycles. The molecule has 1 aromatic carbocycles. The first-order valence-corrected chi connectivity index (χ1v) is 6.80. The summed E-state index contributed by atoms with van der Waals surface area (Å²) in [6.45, 7) is 1.79. The van der Waals surface area contributed by atoms with Crippen LogP contribution < -0.4 is 10.4 Å². The molecule has 0 aliphatic heterocycles. The summed E-state index contributed by atoms with van der Waals surface area (Å²) >= 11 is -0.235. The highest BCUT2D eigenvalue weighted by atomic mass is 32.2. The maximum absolute atomic E-state index is 11.9. The minimum absolute atomic E-state index is 0.0183. The van der Waals surface area contributed by atoms with Gasteiger partial charge in [0.15, 0.2) is 0 Å². The number of thioether (sulfide) groups is 1. The third kappa shape index (κ3) is 4.56. The van der Waals surface area contributed by atoms with E-state index in [2.05, 4.69) is 0 Å². The number of rotatable bonds is 4. The van der Waals surface area contributed by atoms with Gasteiger partial charge < -0.3 is 9.15 Å². The third-order valence-electron chi connectivity index (χ3n) is 2.56. The summed E-state index contributed by atoms with van der Waals surface area (Å²) in [6, 6.07) is 6.23. The van der Waals surface area contributed by atoms with Crippen LogP contribution in [0.3, 0.4) is 0 Å². The van der Waals surface area contributed by atoms with E-state index in [0.29, 0.717) is 11.3 Å². The topological polar surface area (TPSA) is 39.4 Å². The molecule has 0 saturated carbocycles. The van der Waals surface area contributed by atoms with Gasteiger partial charge in [0.25, 0.3) is 0 Å². The van der Waals surface area contributed by atoms with Crippen LogP contribution in [0.2, 0.25) is 0 Å². The van der Waals surface area contributed by atoms with Crippen molar-refractivity contribution in [2.75, 3.05) is 6.61 Å². The van der Waals surface area contributed by atoms with E-state index >= 15 is 0 Å². The minimum atomic E-state index is -4.28. The highest BCUT2D eigenvalue weighted by molar-refractivity contribution is 8.02. The molecule has 0 bridgehead atoms. The van der Waals surface area contributed by atoms with Crippen LogP contribution in [0.15, 0.2) is 45.0 Å². The Morgan fingerprint density at radius 3 is 2.81 bits per heavy atom. The second-order valence-corrected chi connectivity index (χ2v) is 5.12. The van der Waals surface area contributed by atoms with Gasteiger partial charge in [-0.15, -0.1) is 0 Å².